The number of fused-ring (bicyclic) bond motifs is 2. The Morgan fingerprint density at radius 1 is 0.897 bits per heavy atom. The van der Waals surface area contributed by atoms with Crippen molar-refractivity contribution in [3.63, 3.8) is 0 Å². The number of carbonyl (C=O) groups is 1. The molecule has 206 valence electrons. The van der Waals surface area contributed by atoms with Crippen LogP contribution in [0.4, 0.5) is 0 Å². The van der Waals surface area contributed by atoms with Crippen LogP contribution in [-0.2, 0) is 21.4 Å². The lowest BCUT2D eigenvalue weighted by molar-refractivity contribution is -0.122. The minimum atomic E-state index is -3.69. The molecule has 1 unspecified atom stereocenters. The lowest BCUT2D eigenvalue weighted by Gasteiger charge is -2.30. The first kappa shape index (κ1) is 26.3. The Kier molecular flexibility index (Phi) is 7.60. The van der Waals surface area contributed by atoms with E-state index in [1.807, 2.05) is 30.3 Å². The number of ether oxygens (including phenoxy) is 1. The van der Waals surface area contributed by atoms with Crippen LogP contribution in [0.3, 0.4) is 0 Å². The quantitative estimate of drug-likeness (QED) is 0.450. The Balaban J connectivity index is 1.12. The number of hydrogen-bond donors (Lipinski definition) is 1. The third-order valence-corrected chi connectivity index (χ3v) is 10.3. The van der Waals surface area contributed by atoms with Gasteiger partial charge in [-0.3, -0.25) is 9.69 Å². The van der Waals surface area contributed by atoms with E-state index in [2.05, 4.69) is 28.4 Å². The topological polar surface area (TPSA) is 79.0 Å². The Morgan fingerprint density at radius 3 is 2.56 bits per heavy atom. The predicted molar refractivity (Wildman–Crippen MR) is 152 cm³/mol. The molecule has 3 aliphatic heterocycles. The van der Waals surface area contributed by atoms with Gasteiger partial charge in [-0.05, 0) is 73.3 Å². The summed E-state index contributed by atoms with van der Waals surface area (Å²) < 4.78 is 34.7. The maximum absolute atomic E-state index is 13.6. The smallest absolute Gasteiger partial charge is 0.243 e. The van der Waals surface area contributed by atoms with Crippen LogP contribution in [0.1, 0.15) is 62.1 Å². The largest absolute Gasteiger partial charge is 0.493 e. The van der Waals surface area contributed by atoms with Crippen LogP contribution in [-0.4, -0.2) is 55.8 Å². The molecule has 0 radical (unpaired) electrons. The maximum Gasteiger partial charge on any atom is 0.243 e. The summed E-state index contributed by atoms with van der Waals surface area (Å²) in [5, 5.41) is 5.08. The van der Waals surface area contributed by atoms with Gasteiger partial charge in [0.05, 0.1) is 17.5 Å². The van der Waals surface area contributed by atoms with Crippen molar-refractivity contribution in [3.05, 3.63) is 71.8 Å². The average molecular weight is 548 g/mol. The lowest BCUT2D eigenvalue weighted by atomic mass is 9.98. The molecule has 2 saturated heterocycles. The number of carbonyl (C=O) groups excluding carboxylic acids is 1. The molecule has 1 amide bonds. The van der Waals surface area contributed by atoms with Gasteiger partial charge in [-0.15, -0.1) is 0 Å². The van der Waals surface area contributed by atoms with Gasteiger partial charge in [0.1, 0.15) is 5.75 Å². The van der Waals surface area contributed by atoms with E-state index < -0.39 is 10.0 Å². The standard InChI is InChI=1S/C31H37N3O4S/c35-31(32-29-14-18-38-30-19-23(10-13-28(29)30)22-33-15-4-1-5-16-33)21-26-9-6-17-34(26)39(36,37)27-12-11-24-7-2-3-8-25(24)20-27/h2-3,7-8,10-13,19-20,26,29H,1,4-6,9,14-18,21-22H2,(H,32,35)/t26?,29-/m1/s1. The predicted octanol–water partition coefficient (Wildman–Crippen LogP) is 5.01. The van der Waals surface area contributed by atoms with Crippen molar-refractivity contribution in [1.82, 2.24) is 14.5 Å². The first-order chi connectivity index (χ1) is 19.0. The number of amides is 1. The van der Waals surface area contributed by atoms with E-state index in [-0.39, 0.29) is 29.3 Å². The average Bonchev–Trinajstić information content (AvgIpc) is 3.42. The van der Waals surface area contributed by atoms with Crippen molar-refractivity contribution in [2.75, 3.05) is 26.2 Å². The summed E-state index contributed by atoms with van der Waals surface area (Å²) in [6.45, 7) is 4.21. The van der Waals surface area contributed by atoms with E-state index in [0.717, 1.165) is 48.1 Å². The summed E-state index contributed by atoms with van der Waals surface area (Å²) in [7, 11) is -3.69. The second-order valence-corrected chi connectivity index (χ2v) is 13.0. The van der Waals surface area contributed by atoms with E-state index in [0.29, 0.717) is 26.0 Å². The lowest BCUT2D eigenvalue weighted by Crippen LogP contribution is -2.40. The maximum atomic E-state index is 13.6. The van der Waals surface area contributed by atoms with E-state index in [1.165, 1.54) is 29.1 Å². The molecule has 0 spiro atoms. The zero-order valence-electron chi connectivity index (χ0n) is 22.3. The number of benzene rings is 3. The molecule has 3 aliphatic rings. The number of likely N-dealkylation sites (tertiary alicyclic amines) is 1. The summed E-state index contributed by atoms with van der Waals surface area (Å²) in [5.74, 6) is 0.735. The summed E-state index contributed by atoms with van der Waals surface area (Å²) in [6, 6.07) is 18.9. The fourth-order valence-electron chi connectivity index (χ4n) is 6.32. The molecule has 8 heteroatoms. The van der Waals surface area contributed by atoms with Crippen LogP contribution < -0.4 is 10.1 Å². The molecule has 2 atom stereocenters. The zero-order valence-corrected chi connectivity index (χ0v) is 23.2. The highest BCUT2D eigenvalue weighted by Gasteiger charge is 2.37. The van der Waals surface area contributed by atoms with Crippen LogP contribution in [0.15, 0.2) is 65.6 Å². The molecule has 2 fully saturated rings. The minimum absolute atomic E-state index is 0.115. The fraction of sp³-hybridized carbons (Fsp3) is 0.452. The molecule has 3 aromatic carbocycles. The van der Waals surface area contributed by atoms with Gasteiger partial charge >= 0.3 is 0 Å². The molecule has 6 rings (SSSR count). The van der Waals surface area contributed by atoms with Gasteiger partial charge in [0.15, 0.2) is 0 Å². The number of sulfonamides is 1. The molecule has 3 aromatic rings. The molecule has 1 N–H and O–H groups in total. The summed E-state index contributed by atoms with van der Waals surface area (Å²) >= 11 is 0. The van der Waals surface area contributed by atoms with Crippen LogP contribution in [0.5, 0.6) is 5.75 Å². The first-order valence-corrected chi connectivity index (χ1v) is 15.7. The second-order valence-electron chi connectivity index (χ2n) is 11.1. The van der Waals surface area contributed by atoms with Crippen molar-refractivity contribution in [3.8, 4) is 5.75 Å². The number of rotatable bonds is 7. The number of nitrogens with one attached hydrogen (secondary N) is 1. The number of piperidine rings is 1. The second kappa shape index (κ2) is 11.3. The highest BCUT2D eigenvalue weighted by atomic mass is 32.2. The van der Waals surface area contributed by atoms with Crippen LogP contribution in [0.25, 0.3) is 10.8 Å². The van der Waals surface area contributed by atoms with Gasteiger partial charge in [0.25, 0.3) is 0 Å². The fourth-order valence-corrected chi connectivity index (χ4v) is 8.05. The van der Waals surface area contributed by atoms with Gasteiger partial charge in [-0.2, -0.15) is 4.31 Å². The Morgan fingerprint density at radius 2 is 1.72 bits per heavy atom. The monoisotopic (exact) mass is 547 g/mol. The van der Waals surface area contributed by atoms with E-state index in [9.17, 15) is 13.2 Å². The molecule has 0 aromatic heterocycles. The molecule has 7 nitrogen and oxygen atoms in total. The molecule has 0 saturated carbocycles. The van der Waals surface area contributed by atoms with Crippen LogP contribution in [0, 0.1) is 0 Å². The normalized spacial score (nSPS) is 22.4. The summed E-state index contributed by atoms with van der Waals surface area (Å²) in [5.41, 5.74) is 2.24. The minimum Gasteiger partial charge on any atom is -0.493 e. The SMILES string of the molecule is O=C(CC1CCCN1S(=O)(=O)c1ccc2ccccc2c1)N[C@@H]1CCOc2cc(CN3CCCCC3)ccc21. The van der Waals surface area contributed by atoms with E-state index >= 15 is 0 Å². The highest BCUT2D eigenvalue weighted by Crippen LogP contribution is 2.34. The van der Waals surface area contributed by atoms with Crippen LogP contribution in [0.2, 0.25) is 0 Å². The molecule has 0 bridgehead atoms. The van der Waals surface area contributed by atoms with Crippen molar-refractivity contribution in [2.24, 2.45) is 0 Å². The third kappa shape index (κ3) is 5.69. The molecular weight excluding hydrogens is 510 g/mol. The van der Waals surface area contributed by atoms with Crippen molar-refractivity contribution in [1.29, 1.82) is 0 Å². The number of hydrogen-bond acceptors (Lipinski definition) is 5. The highest BCUT2D eigenvalue weighted by molar-refractivity contribution is 7.89. The van der Waals surface area contributed by atoms with Gasteiger partial charge in [-0.1, -0.05) is 48.9 Å². The Labute approximate surface area is 231 Å². The number of nitrogens with zero attached hydrogens (tertiary/aromatic N) is 2. The van der Waals surface area contributed by atoms with E-state index in [4.69, 9.17) is 4.74 Å². The zero-order chi connectivity index (χ0) is 26.8. The van der Waals surface area contributed by atoms with Crippen molar-refractivity contribution < 1.29 is 17.9 Å². The Hall–Kier alpha value is -2.94. The van der Waals surface area contributed by atoms with Gasteiger partial charge in [0.2, 0.25) is 15.9 Å². The van der Waals surface area contributed by atoms with Gasteiger partial charge in [-0.25, -0.2) is 8.42 Å². The van der Waals surface area contributed by atoms with Gasteiger partial charge in [0, 0.05) is 37.5 Å². The molecular formula is C31H37N3O4S. The van der Waals surface area contributed by atoms with Crippen molar-refractivity contribution >= 4 is 26.7 Å². The summed E-state index contributed by atoms with van der Waals surface area (Å²) in [4.78, 5) is 16.0. The molecule has 0 aliphatic carbocycles. The van der Waals surface area contributed by atoms with E-state index in [1.54, 1.807) is 12.1 Å². The molecule has 39 heavy (non-hydrogen) atoms. The Bertz CT molecular complexity index is 1450. The molecule has 3 heterocycles. The third-order valence-electron chi connectivity index (χ3n) is 8.38. The first-order valence-electron chi connectivity index (χ1n) is 14.3. The van der Waals surface area contributed by atoms with Gasteiger partial charge < -0.3 is 10.1 Å². The van der Waals surface area contributed by atoms with Crippen molar-refractivity contribution in [2.45, 2.75) is 68.5 Å². The van der Waals surface area contributed by atoms with Crippen LogP contribution >= 0.6 is 0 Å². The summed E-state index contributed by atoms with van der Waals surface area (Å²) in [6.07, 6.45) is 6.14.